The predicted molar refractivity (Wildman–Crippen MR) is 91.0 cm³/mol. The van der Waals surface area contributed by atoms with Gasteiger partial charge in [-0.3, -0.25) is 9.69 Å². The number of aliphatic hydroxyl groups is 1. The molecule has 1 aliphatic rings. The lowest BCUT2D eigenvalue weighted by atomic mass is 9.96. The van der Waals surface area contributed by atoms with Gasteiger partial charge in [-0.15, -0.1) is 0 Å². The highest BCUT2D eigenvalue weighted by Gasteiger charge is 2.37. The number of rotatable bonds is 4. The van der Waals surface area contributed by atoms with Crippen molar-refractivity contribution in [2.45, 2.75) is 6.54 Å². The van der Waals surface area contributed by atoms with Gasteiger partial charge in [0, 0.05) is 70.4 Å². The maximum absolute atomic E-state index is 12.3. The van der Waals surface area contributed by atoms with E-state index in [9.17, 15) is 9.90 Å². The van der Waals surface area contributed by atoms with Crippen molar-refractivity contribution in [3.63, 3.8) is 0 Å². The highest BCUT2D eigenvalue weighted by Crippen LogP contribution is 2.28. The fourth-order valence-electron chi connectivity index (χ4n) is 3.68. The quantitative estimate of drug-likeness (QED) is 0.925. The van der Waals surface area contributed by atoms with Crippen LogP contribution >= 0.6 is 0 Å². The molecule has 1 amide bonds. The Kier molecular flexibility index (Phi) is 4.41. The topological polar surface area (TPSA) is 48.7 Å². The zero-order chi connectivity index (χ0) is 16.6. The second-order valence-electron chi connectivity index (χ2n) is 6.76. The smallest absolute Gasteiger partial charge is 0.226 e. The summed E-state index contributed by atoms with van der Waals surface area (Å²) in [7, 11) is 5.62. The summed E-state index contributed by atoms with van der Waals surface area (Å²) >= 11 is 0. The molecule has 1 saturated heterocycles. The second kappa shape index (κ2) is 6.34. The Morgan fingerprint density at radius 2 is 2.04 bits per heavy atom. The largest absolute Gasteiger partial charge is 0.396 e. The molecule has 0 aliphatic carbocycles. The van der Waals surface area contributed by atoms with Crippen molar-refractivity contribution in [1.29, 1.82) is 0 Å². The van der Waals surface area contributed by atoms with Crippen LogP contribution in [0.2, 0.25) is 0 Å². The third-order valence-electron chi connectivity index (χ3n) is 4.88. The van der Waals surface area contributed by atoms with Crippen LogP contribution in [0.1, 0.15) is 5.56 Å². The third-order valence-corrected chi connectivity index (χ3v) is 4.88. The first kappa shape index (κ1) is 16.0. The number of benzene rings is 1. The fourth-order valence-corrected chi connectivity index (χ4v) is 3.68. The van der Waals surface area contributed by atoms with E-state index >= 15 is 0 Å². The number of aliphatic hydroxyl groups excluding tert-OH is 1. The Morgan fingerprint density at radius 3 is 2.74 bits per heavy atom. The van der Waals surface area contributed by atoms with Crippen LogP contribution < -0.4 is 0 Å². The number of hydrogen-bond donors (Lipinski definition) is 1. The van der Waals surface area contributed by atoms with Crippen molar-refractivity contribution in [1.82, 2.24) is 14.4 Å². The van der Waals surface area contributed by atoms with E-state index in [1.165, 1.54) is 16.5 Å². The van der Waals surface area contributed by atoms with Gasteiger partial charge in [-0.1, -0.05) is 18.2 Å². The minimum atomic E-state index is -0.107. The fraction of sp³-hybridized carbons (Fsp3) is 0.500. The van der Waals surface area contributed by atoms with Gasteiger partial charge < -0.3 is 14.6 Å². The molecular weight excluding hydrogens is 290 g/mol. The van der Waals surface area contributed by atoms with E-state index < -0.39 is 0 Å². The first-order valence-electron chi connectivity index (χ1n) is 8.08. The molecule has 23 heavy (non-hydrogen) atoms. The van der Waals surface area contributed by atoms with Crippen molar-refractivity contribution < 1.29 is 9.90 Å². The molecular formula is C18H25N3O2. The van der Waals surface area contributed by atoms with Crippen LogP contribution in [0.5, 0.6) is 0 Å². The summed E-state index contributed by atoms with van der Waals surface area (Å²) in [6.07, 6.45) is 2.17. The average Bonchev–Trinajstić information content (AvgIpc) is 3.09. The molecule has 1 N–H and O–H groups in total. The molecule has 2 aromatic rings. The van der Waals surface area contributed by atoms with Gasteiger partial charge in [-0.05, 0) is 11.6 Å². The summed E-state index contributed by atoms with van der Waals surface area (Å²) in [5, 5.41) is 10.9. The van der Waals surface area contributed by atoms with Gasteiger partial charge in [0.1, 0.15) is 0 Å². The molecule has 3 rings (SSSR count). The van der Waals surface area contributed by atoms with Crippen molar-refractivity contribution in [3.05, 3.63) is 36.0 Å². The number of amides is 1. The highest BCUT2D eigenvalue weighted by atomic mass is 16.3. The zero-order valence-corrected chi connectivity index (χ0v) is 14.1. The predicted octanol–water partition coefficient (Wildman–Crippen LogP) is 1.31. The molecule has 2 atom stereocenters. The zero-order valence-electron chi connectivity index (χ0n) is 14.1. The molecule has 5 nitrogen and oxygen atoms in total. The average molecular weight is 315 g/mol. The number of likely N-dealkylation sites (tertiary alicyclic amines) is 1. The molecule has 0 radical (unpaired) electrons. The van der Waals surface area contributed by atoms with Crippen LogP contribution in [0.25, 0.3) is 10.9 Å². The minimum Gasteiger partial charge on any atom is -0.396 e. The first-order chi connectivity index (χ1) is 11.0. The standard InChI is InChI=1S/C18H25N3O2/c1-19(2)18(23)16-11-21(10-14(16)12-22)9-13-8-20(3)17-7-5-4-6-15(13)17/h4-8,14,16,22H,9-12H2,1-3H3/t14-,16+/m0/s1. The van der Waals surface area contributed by atoms with E-state index in [4.69, 9.17) is 0 Å². The van der Waals surface area contributed by atoms with Gasteiger partial charge in [0.05, 0.1) is 5.92 Å². The van der Waals surface area contributed by atoms with E-state index in [0.717, 1.165) is 13.1 Å². The van der Waals surface area contributed by atoms with Gasteiger partial charge >= 0.3 is 0 Å². The van der Waals surface area contributed by atoms with Crippen molar-refractivity contribution in [2.24, 2.45) is 18.9 Å². The normalized spacial score (nSPS) is 21.9. The van der Waals surface area contributed by atoms with E-state index in [2.05, 4.69) is 47.0 Å². The van der Waals surface area contributed by atoms with Crippen LogP contribution in [-0.4, -0.2) is 59.2 Å². The maximum atomic E-state index is 12.3. The summed E-state index contributed by atoms with van der Waals surface area (Å²) in [6.45, 7) is 2.36. The molecule has 0 spiro atoms. The Morgan fingerprint density at radius 1 is 1.30 bits per heavy atom. The molecule has 1 aliphatic heterocycles. The van der Waals surface area contributed by atoms with Crippen LogP contribution in [0, 0.1) is 11.8 Å². The van der Waals surface area contributed by atoms with Gasteiger partial charge in [-0.25, -0.2) is 0 Å². The summed E-state index contributed by atoms with van der Waals surface area (Å²) in [6, 6.07) is 8.38. The highest BCUT2D eigenvalue weighted by molar-refractivity contribution is 5.84. The molecule has 0 unspecified atom stereocenters. The second-order valence-corrected chi connectivity index (χ2v) is 6.76. The van der Waals surface area contributed by atoms with Gasteiger partial charge in [0.25, 0.3) is 0 Å². The number of carbonyl (C=O) groups excluding carboxylic acids is 1. The molecule has 2 heterocycles. The Bertz CT molecular complexity index is 707. The summed E-state index contributed by atoms with van der Waals surface area (Å²) < 4.78 is 2.15. The molecule has 5 heteroatoms. The molecule has 124 valence electrons. The monoisotopic (exact) mass is 315 g/mol. The number of aryl methyl sites for hydroxylation is 1. The van der Waals surface area contributed by atoms with Crippen molar-refractivity contribution >= 4 is 16.8 Å². The third kappa shape index (κ3) is 2.99. The lowest BCUT2D eigenvalue weighted by Gasteiger charge is -2.19. The Balaban J connectivity index is 1.79. The molecule has 0 bridgehead atoms. The van der Waals surface area contributed by atoms with Crippen LogP contribution in [-0.2, 0) is 18.4 Å². The summed E-state index contributed by atoms with van der Waals surface area (Å²) in [5.41, 5.74) is 2.50. The Hall–Kier alpha value is -1.85. The Labute approximate surface area is 137 Å². The van der Waals surface area contributed by atoms with E-state index in [1.54, 1.807) is 19.0 Å². The van der Waals surface area contributed by atoms with Crippen LogP contribution in [0.3, 0.4) is 0 Å². The number of nitrogens with zero attached hydrogens (tertiary/aromatic N) is 3. The van der Waals surface area contributed by atoms with Crippen molar-refractivity contribution in [2.75, 3.05) is 33.8 Å². The van der Waals surface area contributed by atoms with Crippen LogP contribution in [0.4, 0.5) is 0 Å². The van der Waals surface area contributed by atoms with Crippen molar-refractivity contribution in [3.8, 4) is 0 Å². The maximum Gasteiger partial charge on any atom is 0.226 e. The lowest BCUT2D eigenvalue weighted by Crippen LogP contribution is -2.35. The number of para-hydroxylation sites is 1. The van der Waals surface area contributed by atoms with Gasteiger partial charge in [0.15, 0.2) is 0 Å². The van der Waals surface area contributed by atoms with Gasteiger partial charge in [0.2, 0.25) is 5.91 Å². The van der Waals surface area contributed by atoms with Gasteiger partial charge in [-0.2, -0.15) is 0 Å². The number of carbonyl (C=O) groups is 1. The first-order valence-corrected chi connectivity index (χ1v) is 8.08. The van der Waals surface area contributed by atoms with Crippen LogP contribution in [0.15, 0.2) is 30.5 Å². The number of hydrogen-bond acceptors (Lipinski definition) is 3. The molecule has 1 aromatic heterocycles. The summed E-state index contributed by atoms with van der Waals surface area (Å²) in [5.74, 6) is 0.0364. The number of aromatic nitrogens is 1. The van der Waals surface area contributed by atoms with E-state index in [-0.39, 0.29) is 24.3 Å². The van der Waals surface area contributed by atoms with E-state index in [0.29, 0.717) is 6.54 Å². The molecule has 1 fully saturated rings. The minimum absolute atomic E-state index is 0.0277. The molecule has 1 aromatic carbocycles. The lowest BCUT2D eigenvalue weighted by molar-refractivity contribution is -0.134. The summed E-state index contributed by atoms with van der Waals surface area (Å²) in [4.78, 5) is 16.2. The number of fused-ring (bicyclic) bond motifs is 1. The SMILES string of the molecule is CN(C)C(=O)[C@@H]1CN(Cc2cn(C)c3ccccc23)C[C@H]1CO. The molecule has 0 saturated carbocycles. The van der Waals surface area contributed by atoms with E-state index in [1.807, 2.05) is 0 Å².